The minimum atomic E-state index is 0. The molecule has 0 aliphatic rings. The molecule has 0 aliphatic heterocycles. The maximum atomic E-state index is 2.25. The fourth-order valence-electron chi connectivity index (χ4n) is 0. The van der Waals surface area contributed by atoms with E-state index in [2.05, 4.69) is 171 Å². The van der Waals surface area contributed by atoms with Crippen LogP contribution in [0.15, 0.2) is 0 Å². The Hall–Kier alpha value is 9.47. The van der Waals surface area contributed by atoms with Crippen molar-refractivity contribution in [1.29, 1.82) is 0 Å². The van der Waals surface area contributed by atoms with Gasteiger partial charge in [-0.05, 0) is 0 Å². The molecular weight excluding hydrogens is 1240 g/mol. The van der Waals surface area contributed by atoms with Crippen molar-refractivity contribution in [2.45, 2.75) is 0 Å². The van der Waals surface area contributed by atoms with Crippen LogP contribution >= 0.6 is 0 Å². The fourth-order valence-corrected chi connectivity index (χ4v) is 0. The molecule has 0 N–H and O–H groups in total. The summed E-state index contributed by atoms with van der Waals surface area (Å²) >= 11 is 27.0. The van der Waals surface area contributed by atoms with Crippen molar-refractivity contribution in [3.8, 4) is 0 Å². The normalized spacial score (nSPS) is 1.60. The summed E-state index contributed by atoms with van der Waals surface area (Å²) in [6, 6.07) is 0. The fraction of sp³-hybridized carbons (Fsp3) is 0. The second kappa shape index (κ2) is 132. The van der Waals surface area contributed by atoms with Crippen LogP contribution in [-0.4, -0.2) is 171 Å². The van der Waals surface area contributed by atoms with E-state index in [4.69, 9.17) is 0 Å². The minimum Gasteiger partial charge on any atom is 0 e. The van der Waals surface area contributed by atoms with Gasteiger partial charge in [-0.1, -0.05) is 0 Å². The SMILES string of the molecule is [As]=[As].[As]=[As].[As]=[As].[As]=[As].[As]=[As].[As]=[As].[Cd].[Cd].[Cd]. The van der Waals surface area contributed by atoms with Crippen LogP contribution in [0.3, 0.4) is 0 Å². The molecule has 0 bridgehead atoms. The number of rotatable bonds is 0. The summed E-state index contributed by atoms with van der Waals surface area (Å²) in [5, 5.41) is 0. The molecule has 0 spiro atoms. The Balaban J connectivity index is -0.00000000396. The van der Waals surface area contributed by atoms with Gasteiger partial charge < -0.3 is 0 Å². The van der Waals surface area contributed by atoms with Crippen molar-refractivity contribution in [1.82, 2.24) is 0 Å². The van der Waals surface area contributed by atoms with E-state index in [1.54, 1.807) is 0 Å². The van der Waals surface area contributed by atoms with Gasteiger partial charge in [0.05, 0.1) is 0 Å². The molecule has 0 fully saturated rings. The smallest absolute Gasteiger partial charge is 0 e. The molecule has 0 unspecified atom stereocenters. The maximum absolute atomic E-state index is 2.25. The predicted octanol–water partition coefficient (Wildman–Crippen LogP) is -4.58. The van der Waals surface area contributed by atoms with E-state index in [1.165, 1.54) is 0 Å². The van der Waals surface area contributed by atoms with Crippen LogP contribution < -0.4 is 0 Å². The summed E-state index contributed by atoms with van der Waals surface area (Å²) in [5.74, 6) is 0. The van der Waals surface area contributed by atoms with E-state index in [1.807, 2.05) is 0 Å². The van der Waals surface area contributed by atoms with Crippen molar-refractivity contribution in [2.75, 3.05) is 0 Å². The average molecular weight is 1240 g/mol. The van der Waals surface area contributed by atoms with Gasteiger partial charge in [0, 0.05) is 81.9 Å². The zero-order chi connectivity index (χ0) is 12.0. The molecule has 0 saturated carbocycles. The summed E-state index contributed by atoms with van der Waals surface area (Å²) < 4.78 is 0. The molecule has 0 nitrogen and oxygen atoms in total. The van der Waals surface area contributed by atoms with Crippen molar-refractivity contribution >= 4 is 171 Å². The van der Waals surface area contributed by atoms with E-state index in [9.17, 15) is 0 Å². The molecule has 0 saturated heterocycles. The first-order valence-corrected chi connectivity index (χ1v) is 32.4. The monoisotopic (exact) mass is 1240 g/mol. The topological polar surface area (TPSA) is 0 Å². The Morgan fingerprint density at radius 2 is 0.200 bits per heavy atom. The minimum absolute atomic E-state index is 0. The maximum Gasteiger partial charge on any atom is 0 e. The van der Waals surface area contributed by atoms with Crippen molar-refractivity contribution < 1.29 is 81.9 Å². The molecule has 15 heavy (non-hydrogen) atoms. The first kappa shape index (κ1) is 56.3. The summed E-state index contributed by atoms with van der Waals surface area (Å²) in [6.45, 7) is 0. The van der Waals surface area contributed by atoms with Crippen LogP contribution in [0.2, 0.25) is 0 Å². The van der Waals surface area contributed by atoms with Crippen LogP contribution in [-0.2, 0) is 81.9 Å². The van der Waals surface area contributed by atoms with E-state index < -0.39 is 0 Å². The van der Waals surface area contributed by atoms with Crippen LogP contribution in [0.1, 0.15) is 0 Å². The molecule has 0 atom stereocenters. The van der Waals surface area contributed by atoms with E-state index in [-0.39, 0.29) is 81.9 Å². The Bertz CT molecular complexity index is 26.3. The van der Waals surface area contributed by atoms with E-state index in [0.717, 1.165) is 0 Å². The van der Waals surface area contributed by atoms with Gasteiger partial charge >= 0.3 is 171 Å². The number of hydrogen-bond donors (Lipinski definition) is 0. The zero-order valence-electron chi connectivity index (χ0n) is 7.49. The van der Waals surface area contributed by atoms with Crippen molar-refractivity contribution in [3.05, 3.63) is 0 Å². The Kier molecular flexibility index (Phi) is 496. The Labute approximate surface area is 245 Å². The van der Waals surface area contributed by atoms with E-state index in [0.29, 0.717) is 0 Å². The van der Waals surface area contributed by atoms with Crippen LogP contribution in [0.4, 0.5) is 0 Å². The van der Waals surface area contributed by atoms with Crippen LogP contribution in [0.25, 0.3) is 0 Å². The van der Waals surface area contributed by atoms with Gasteiger partial charge in [-0.25, -0.2) is 0 Å². The summed E-state index contributed by atoms with van der Waals surface area (Å²) in [6.07, 6.45) is 0. The van der Waals surface area contributed by atoms with Gasteiger partial charge in [-0.3, -0.25) is 0 Å². The Morgan fingerprint density at radius 3 is 0.200 bits per heavy atom. The molecule has 0 aromatic heterocycles. The molecule has 15 heteroatoms. The first-order valence-electron chi connectivity index (χ1n) is 1.20. The van der Waals surface area contributed by atoms with Crippen LogP contribution in [0.5, 0.6) is 0 Å². The molecule has 0 heterocycles. The average Bonchev–Trinajstić information content (AvgIpc) is 2.33. The predicted molar refractivity (Wildman–Crippen MR) is 69.0 cm³/mol. The third-order valence-corrected chi connectivity index (χ3v) is 0. The summed E-state index contributed by atoms with van der Waals surface area (Å²) in [4.78, 5) is 0. The molecule has 12 radical (unpaired) electrons. The van der Waals surface area contributed by atoms with Gasteiger partial charge in [0.1, 0.15) is 0 Å². The molecular formula is As12Cd3. The second-order valence-corrected chi connectivity index (χ2v) is 0. The van der Waals surface area contributed by atoms with Gasteiger partial charge in [-0.2, -0.15) is 0 Å². The quantitative estimate of drug-likeness (QED) is 0.215. The molecule has 0 aromatic carbocycles. The third-order valence-electron chi connectivity index (χ3n) is 0. The van der Waals surface area contributed by atoms with Gasteiger partial charge in [0.2, 0.25) is 0 Å². The molecule has 0 rings (SSSR count). The van der Waals surface area contributed by atoms with Gasteiger partial charge in [0.25, 0.3) is 0 Å². The molecule has 0 aliphatic carbocycles. The zero-order valence-corrected chi connectivity index (χ0v) is 42.1. The first-order chi connectivity index (χ1) is 6.00. The Morgan fingerprint density at radius 1 is 0.200 bits per heavy atom. The number of hydrogen-bond acceptors (Lipinski definition) is 0. The van der Waals surface area contributed by atoms with Crippen molar-refractivity contribution in [2.24, 2.45) is 0 Å². The summed E-state index contributed by atoms with van der Waals surface area (Å²) in [7, 11) is 0. The van der Waals surface area contributed by atoms with Gasteiger partial charge in [-0.15, -0.1) is 0 Å². The molecule has 0 amide bonds. The van der Waals surface area contributed by atoms with Crippen molar-refractivity contribution in [3.63, 3.8) is 0 Å². The van der Waals surface area contributed by atoms with E-state index >= 15 is 0 Å². The second-order valence-electron chi connectivity index (χ2n) is 0. The largest absolute Gasteiger partial charge is 0 e. The van der Waals surface area contributed by atoms with Crippen LogP contribution in [0, 0.1) is 0 Å². The molecule has 66 valence electrons. The third kappa shape index (κ3) is 121. The summed E-state index contributed by atoms with van der Waals surface area (Å²) in [5.41, 5.74) is 0. The van der Waals surface area contributed by atoms with Gasteiger partial charge in [0.15, 0.2) is 0 Å². The molecule has 0 aromatic rings. The standard InChI is InChI=1S/6As2.3Cd/c6*1-2;;;.